The van der Waals surface area contributed by atoms with Crippen molar-refractivity contribution in [2.45, 2.75) is 32.6 Å². The normalized spacial score (nSPS) is 13.3. The van der Waals surface area contributed by atoms with Crippen LogP contribution in [0.25, 0.3) is 0 Å². The van der Waals surface area contributed by atoms with Crippen LogP contribution < -0.4 is 10.9 Å². The van der Waals surface area contributed by atoms with E-state index < -0.39 is 0 Å². The van der Waals surface area contributed by atoms with Gasteiger partial charge >= 0.3 is 5.97 Å². The average molecular weight is 312 g/mol. The first-order valence-corrected chi connectivity index (χ1v) is 7.96. The molecule has 1 aliphatic carbocycles. The van der Waals surface area contributed by atoms with Gasteiger partial charge in [0.1, 0.15) is 0 Å². The Balaban J connectivity index is 1.90. The lowest BCUT2D eigenvalue weighted by Crippen LogP contribution is -2.20. The average Bonchev–Trinajstić information content (AvgIpc) is 2.58. The maximum absolute atomic E-state index is 11.9. The maximum Gasteiger partial charge on any atom is 0.338 e. The summed E-state index contributed by atoms with van der Waals surface area (Å²) in [7, 11) is 0. The Bertz CT molecular complexity index is 780. The molecule has 0 saturated carbocycles. The zero-order chi connectivity index (χ0) is 16.2. The van der Waals surface area contributed by atoms with Crippen molar-refractivity contribution in [1.29, 1.82) is 0 Å². The van der Waals surface area contributed by atoms with E-state index >= 15 is 0 Å². The second kappa shape index (κ2) is 6.69. The number of fused-ring (bicyclic) bond motifs is 1. The van der Waals surface area contributed by atoms with E-state index in [0.717, 1.165) is 48.2 Å². The lowest BCUT2D eigenvalue weighted by molar-refractivity contribution is 0.0526. The monoisotopic (exact) mass is 312 g/mol. The fourth-order valence-electron chi connectivity index (χ4n) is 2.97. The Hall–Kier alpha value is -2.56. The van der Waals surface area contributed by atoms with Gasteiger partial charge in [0.15, 0.2) is 0 Å². The highest BCUT2D eigenvalue weighted by Crippen LogP contribution is 2.27. The van der Waals surface area contributed by atoms with Crippen LogP contribution >= 0.6 is 0 Å². The number of H-pyrrole nitrogens is 1. The fraction of sp³-hybridized carbons (Fsp3) is 0.333. The number of anilines is 2. The molecule has 1 aromatic heterocycles. The Morgan fingerprint density at radius 2 is 2.04 bits per heavy atom. The molecule has 0 atom stereocenters. The van der Waals surface area contributed by atoms with Gasteiger partial charge in [-0.3, -0.25) is 4.79 Å². The van der Waals surface area contributed by atoms with Gasteiger partial charge in [-0.15, -0.1) is 0 Å². The third kappa shape index (κ3) is 3.28. The lowest BCUT2D eigenvalue weighted by atomic mass is 9.92. The molecule has 1 heterocycles. The number of esters is 1. The minimum atomic E-state index is -0.334. The summed E-state index contributed by atoms with van der Waals surface area (Å²) in [4.78, 5) is 26.6. The second-order valence-electron chi connectivity index (χ2n) is 5.62. The van der Waals surface area contributed by atoms with Crippen LogP contribution in [0.4, 0.5) is 11.4 Å². The first-order chi connectivity index (χ1) is 11.2. The number of carbonyl (C=O) groups is 1. The summed E-state index contributed by atoms with van der Waals surface area (Å²) in [5, 5.41) is 3.32. The predicted octanol–water partition coefficient (Wildman–Crippen LogP) is 3.17. The van der Waals surface area contributed by atoms with E-state index in [4.69, 9.17) is 4.74 Å². The molecule has 0 amide bonds. The molecular weight excluding hydrogens is 292 g/mol. The minimum absolute atomic E-state index is 0.00512. The molecule has 0 fully saturated rings. The van der Waals surface area contributed by atoms with Crippen LogP contribution in [0.5, 0.6) is 0 Å². The number of rotatable bonds is 4. The number of hydrogen-bond acceptors (Lipinski definition) is 4. The molecule has 23 heavy (non-hydrogen) atoms. The molecule has 2 N–H and O–H groups in total. The van der Waals surface area contributed by atoms with Crippen LogP contribution in [-0.4, -0.2) is 17.6 Å². The molecule has 3 rings (SSSR count). The maximum atomic E-state index is 11.9. The lowest BCUT2D eigenvalue weighted by Gasteiger charge is -2.19. The Morgan fingerprint density at radius 3 is 2.83 bits per heavy atom. The molecule has 0 bridgehead atoms. The van der Waals surface area contributed by atoms with Gasteiger partial charge in [-0.1, -0.05) is 6.07 Å². The van der Waals surface area contributed by atoms with Crippen LogP contribution in [0.2, 0.25) is 0 Å². The summed E-state index contributed by atoms with van der Waals surface area (Å²) in [6.45, 7) is 2.14. The van der Waals surface area contributed by atoms with Gasteiger partial charge in [0.2, 0.25) is 0 Å². The Labute approximate surface area is 134 Å². The molecule has 5 nitrogen and oxygen atoms in total. The number of carbonyl (C=O) groups excluding carboxylic acids is 1. The highest BCUT2D eigenvalue weighted by molar-refractivity contribution is 5.90. The molecule has 0 radical (unpaired) electrons. The number of aromatic nitrogens is 1. The zero-order valence-electron chi connectivity index (χ0n) is 13.1. The predicted molar refractivity (Wildman–Crippen MR) is 89.4 cm³/mol. The number of ether oxygens (including phenoxy) is 1. The molecule has 2 aromatic rings. The molecule has 0 saturated heterocycles. The van der Waals surface area contributed by atoms with Crippen LogP contribution in [0.15, 0.2) is 35.3 Å². The summed E-state index contributed by atoms with van der Waals surface area (Å²) >= 11 is 0. The van der Waals surface area contributed by atoms with Crippen molar-refractivity contribution in [3.63, 3.8) is 0 Å². The first-order valence-electron chi connectivity index (χ1n) is 7.96. The first kappa shape index (κ1) is 15.3. The Kier molecular flexibility index (Phi) is 4.46. The van der Waals surface area contributed by atoms with E-state index in [9.17, 15) is 9.59 Å². The van der Waals surface area contributed by atoms with Crippen molar-refractivity contribution in [2.24, 2.45) is 0 Å². The quantitative estimate of drug-likeness (QED) is 0.851. The molecule has 0 aliphatic heterocycles. The van der Waals surface area contributed by atoms with Crippen molar-refractivity contribution in [2.75, 3.05) is 11.9 Å². The highest BCUT2D eigenvalue weighted by atomic mass is 16.5. The second-order valence-corrected chi connectivity index (χ2v) is 5.62. The van der Waals surface area contributed by atoms with Gasteiger partial charge in [0, 0.05) is 17.4 Å². The third-order valence-electron chi connectivity index (χ3n) is 4.07. The van der Waals surface area contributed by atoms with E-state index in [1.54, 1.807) is 25.3 Å². The number of hydrogen-bond donors (Lipinski definition) is 2. The summed E-state index contributed by atoms with van der Waals surface area (Å²) in [5.74, 6) is -0.334. The van der Waals surface area contributed by atoms with Crippen molar-refractivity contribution in [3.05, 3.63) is 57.5 Å². The van der Waals surface area contributed by atoms with E-state index in [2.05, 4.69) is 10.3 Å². The zero-order valence-corrected chi connectivity index (χ0v) is 13.1. The van der Waals surface area contributed by atoms with E-state index in [-0.39, 0.29) is 11.5 Å². The molecule has 1 aromatic carbocycles. The summed E-state index contributed by atoms with van der Waals surface area (Å²) in [6, 6.07) is 7.19. The van der Waals surface area contributed by atoms with Gasteiger partial charge in [-0.05, 0) is 56.4 Å². The summed E-state index contributed by atoms with van der Waals surface area (Å²) in [5.41, 5.74) is 4.18. The number of pyridine rings is 1. The van der Waals surface area contributed by atoms with Gasteiger partial charge in [0.05, 0.1) is 17.9 Å². The van der Waals surface area contributed by atoms with Crippen LogP contribution in [-0.2, 0) is 17.6 Å². The third-order valence-corrected chi connectivity index (χ3v) is 4.07. The molecule has 1 aliphatic rings. The summed E-state index contributed by atoms with van der Waals surface area (Å²) < 4.78 is 5.03. The number of nitrogens with one attached hydrogen (secondary N) is 2. The van der Waals surface area contributed by atoms with Gasteiger partial charge in [0.25, 0.3) is 5.56 Å². The highest BCUT2D eigenvalue weighted by Gasteiger charge is 2.17. The van der Waals surface area contributed by atoms with Gasteiger partial charge in [-0.25, -0.2) is 4.79 Å². The van der Waals surface area contributed by atoms with Crippen LogP contribution in [0, 0.1) is 0 Å². The van der Waals surface area contributed by atoms with E-state index in [1.165, 1.54) is 0 Å². The molecular formula is C18H20N2O3. The SMILES string of the molecule is CCOC(=O)c1cccc(Nc2c[nH]c(=O)c3c2CCCC3)c1. The van der Waals surface area contributed by atoms with Gasteiger partial charge in [-0.2, -0.15) is 0 Å². The smallest absolute Gasteiger partial charge is 0.338 e. The van der Waals surface area contributed by atoms with E-state index in [1.807, 2.05) is 12.1 Å². The van der Waals surface area contributed by atoms with Crippen LogP contribution in [0.3, 0.4) is 0 Å². The number of benzene rings is 1. The minimum Gasteiger partial charge on any atom is -0.462 e. The molecule has 0 spiro atoms. The fourth-order valence-corrected chi connectivity index (χ4v) is 2.97. The molecule has 5 heteroatoms. The van der Waals surface area contributed by atoms with Crippen molar-refractivity contribution in [3.8, 4) is 0 Å². The van der Waals surface area contributed by atoms with E-state index in [0.29, 0.717) is 12.2 Å². The van der Waals surface area contributed by atoms with Gasteiger partial charge < -0.3 is 15.0 Å². The van der Waals surface area contributed by atoms with Crippen molar-refractivity contribution in [1.82, 2.24) is 4.98 Å². The van der Waals surface area contributed by atoms with Crippen molar-refractivity contribution < 1.29 is 9.53 Å². The summed E-state index contributed by atoms with van der Waals surface area (Å²) in [6.07, 6.45) is 5.58. The standard InChI is InChI=1S/C18H20N2O3/c1-2-23-18(22)12-6-5-7-13(10-12)20-16-11-19-17(21)15-9-4-3-8-14(15)16/h5-7,10-11,20H,2-4,8-9H2,1H3,(H,19,21). The largest absolute Gasteiger partial charge is 0.462 e. The van der Waals surface area contributed by atoms with Crippen molar-refractivity contribution >= 4 is 17.3 Å². The molecule has 0 unspecified atom stereocenters. The van der Waals surface area contributed by atoms with Crippen LogP contribution in [0.1, 0.15) is 41.3 Å². The molecule has 120 valence electrons. The topological polar surface area (TPSA) is 71.2 Å². The Morgan fingerprint density at radius 1 is 1.26 bits per heavy atom. The number of aromatic amines is 1.